The van der Waals surface area contributed by atoms with Gasteiger partial charge in [-0.2, -0.15) is 0 Å². The molecule has 0 amide bonds. The van der Waals surface area contributed by atoms with E-state index >= 15 is 0 Å². The van der Waals surface area contributed by atoms with Crippen molar-refractivity contribution in [3.63, 3.8) is 0 Å². The first kappa shape index (κ1) is 11.2. The number of aromatic nitrogens is 3. The van der Waals surface area contributed by atoms with Crippen LogP contribution in [0.25, 0.3) is 10.9 Å². The molecule has 0 unspecified atom stereocenters. The molecule has 0 aliphatic heterocycles. The van der Waals surface area contributed by atoms with E-state index in [4.69, 9.17) is 0 Å². The Morgan fingerprint density at radius 2 is 2.05 bits per heavy atom. The monoisotopic (exact) mass is 254 g/mol. The SMILES string of the molecule is O=c1cc2c(Nc3ccccc3O)ncnc2c[nH]1. The van der Waals surface area contributed by atoms with Crippen LogP contribution in [-0.2, 0) is 0 Å². The van der Waals surface area contributed by atoms with Crippen LogP contribution < -0.4 is 10.9 Å². The van der Waals surface area contributed by atoms with Crippen LogP contribution in [0.1, 0.15) is 0 Å². The van der Waals surface area contributed by atoms with Crippen LogP contribution in [0.15, 0.2) is 47.7 Å². The quantitative estimate of drug-likeness (QED) is 0.606. The van der Waals surface area contributed by atoms with E-state index < -0.39 is 0 Å². The van der Waals surface area contributed by atoms with E-state index in [-0.39, 0.29) is 11.3 Å². The molecule has 3 rings (SSSR count). The topological polar surface area (TPSA) is 90.9 Å². The first-order valence-corrected chi connectivity index (χ1v) is 5.62. The van der Waals surface area contributed by atoms with E-state index in [1.807, 2.05) is 0 Å². The molecule has 0 fully saturated rings. The lowest BCUT2D eigenvalue weighted by molar-refractivity contribution is 0.478. The van der Waals surface area contributed by atoms with E-state index in [0.29, 0.717) is 22.4 Å². The number of H-pyrrole nitrogens is 1. The fourth-order valence-electron chi connectivity index (χ4n) is 1.79. The molecule has 0 saturated carbocycles. The minimum Gasteiger partial charge on any atom is -0.506 e. The summed E-state index contributed by atoms with van der Waals surface area (Å²) in [4.78, 5) is 22.1. The van der Waals surface area contributed by atoms with E-state index in [9.17, 15) is 9.90 Å². The number of benzene rings is 1. The number of fused-ring (bicyclic) bond motifs is 1. The van der Waals surface area contributed by atoms with Gasteiger partial charge in [-0.1, -0.05) is 12.1 Å². The summed E-state index contributed by atoms with van der Waals surface area (Å²) in [6.45, 7) is 0. The molecule has 0 spiro atoms. The van der Waals surface area contributed by atoms with Crippen molar-refractivity contribution in [2.75, 3.05) is 5.32 Å². The highest BCUT2D eigenvalue weighted by atomic mass is 16.3. The molecule has 3 N–H and O–H groups in total. The number of phenols is 1. The van der Waals surface area contributed by atoms with Crippen LogP contribution in [0.3, 0.4) is 0 Å². The normalized spacial score (nSPS) is 10.5. The third kappa shape index (κ3) is 2.11. The molecule has 0 saturated heterocycles. The third-order valence-corrected chi connectivity index (χ3v) is 2.70. The molecule has 0 bridgehead atoms. The molecule has 19 heavy (non-hydrogen) atoms. The molecule has 3 aromatic rings. The minimum absolute atomic E-state index is 0.110. The molecule has 0 aliphatic carbocycles. The Labute approximate surface area is 107 Å². The van der Waals surface area contributed by atoms with Crippen molar-refractivity contribution in [3.05, 3.63) is 53.2 Å². The second-order valence-electron chi connectivity index (χ2n) is 3.96. The average molecular weight is 254 g/mol. The summed E-state index contributed by atoms with van der Waals surface area (Å²) in [5.41, 5.74) is 0.901. The highest BCUT2D eigenvalue weighted by molar-refractivity contribution is 5.90. The van der Waals surface area contributed by atoms with Gasteiger partial charge in [0.1, 0.15) is 17.9 Å². The number of pyridine rings is 1. The van der Waals surface area contributed by atoms with Crippen LogP contribution in [0.5, 0.6) is 5.75 Å². The fraction of sp³-hybridized carbons (Fsp3) is 0. The van der Waals surface area contributed by atoms with Crippen LogP contribution in [-0.4, -0.2) is 20.1 Å². The van der Waals surface area contributed by atoms with E-state index in [2.05, 4.69) is 20.3 Å². The zero-order valence-electron chi connectivity index (χ0n) is 9.79. The Kier molecular flexibility index (Phi) is 2.60. The molecule has 0 atom stereocenters. The number of hydrogen-bond acceptors (Lipinski definition) is 5. The Morgan fingerprint density at radius 1 is 1.21 bits per heavy atom. The molecule has 2 heterocycles. The Balaban J connectivity index is 2.13. The number of hydrogen-bond donors (Lipinski definition) is 3. The number of phenolic OH excluding ortho intramolecular Hbond substituents is 1. The number of aromatic amines is 1. The highest BCUT2D eigenvalue weighted by Gasteiger charge is 2.06. The third-order valence-electron chi connectivity index (χ3n) is 2.70. The van der Waals surface area contributed by atoms with Gasteiger partial charge in [-0.15, -0.1) is 0 Å². The lowest BCUT2D eigenvalue weighted by atomic mass is 10.2. The molecular weight excluding hydrogens is 244 g/mol. The largest absolute Gasteiger partial charge is 0.506 e. The summed E-state index contributed by atoms with van der Waals surface area (Å²) in [6, 6.07) is 8.22. The summed E-state index contributed by atoms with van der Waals surface area (Å²) < 4.78 is 0. The number of nitrogens with zero attached hydrogens (tertiary/aromatic N) is 2. The van der Waals surface area contributed by atoms with Crippen molar-refractivity contribution < 1.29 is 5.11 Å². The van der Waals surface area contributed by atoms with Gasteiger partial charge in [0.2, 0.25) is 5.56 Å². The second kappa shape index (κ2) is 4.41. The Bertz CT molecular complexity index is 798. The number of para-hydroxylation sites is 2. The van der Waals surface area contributed by atoms with Crippen molar-refractivity contribution in [1.29, 1.82) is 0 Å². The van der Waals surface area contributed by atoms with Gasteiger partial charge in [-0.05, 0) is 12.1 Å². The Morgan fingerprint density at radius 3 is 2.89 bits per heavy atom. The van der Waals surface area contributed by atoms with Crippen LogP contribution in [0.4, 0.5) is 11.5 Å². The number of aromatic hydroxyl groups is 1. The summed E-state index contributed by atoms with van der Waals surface area (Å²) in [5, 5.41) is 13.3. The van der Waals surface area contributed by atoms with Gasteiger partial charge < -0.3 is 15.4 Å². The molecular formula is C13H10N4O2. The van der Waals surface area contributed by atoms with Gasteiger partial charge in [0.05, 0.1) is 11.2 Å². The Hall–Kier alpha value is -2.89. The molecule has 1 aromatic carbocycles. The van der Waals surface area contributed by atoms with E-state index in [1.165, 1.54) is 18.6 Å². The zero-order valence-corrected chi connectivity index (χ0v) is 9.79. The minimum atomic E-state index is -0.234. The highest BCUT2D eigenvalue weighted by Crippen LogP contribution is 2.27. The van der Waals surface area contributed by atoms with E-state index in [0.717, 1.165) is 0 Å². The number of rotatable bonds is 2. The van der Waals surface area contributed by atoms with Crippen LogP contribution >= 0.6 is 0 Å². The molecule has 0 aliphatic rings. The van der Waals surface area contributed by atoms with Gasteiger partial charge in [0, 0.05) is 17.6 Å². The average Bonchev–Trinajstić information content (AvgIpc) is 2.42. The van der Waals surface area contributed by atoms with Crippen LogP contribution in [0.2, 0.25) is 0 Å². The van der Waals surface area contributed by atoms with Crippen LogP contribution in [0, 0.1) is 0 Å². The molecule has 2 aromatic heterocycles. The molecule has 6 heteroatoms. The van der Waals surface area contributed by atoms with Gasteiger partial charge in [0.25, 0.3) is 0 Å². The maximum absolute atomic E-state index is 11.4. The van der Waals surface area contributed by atoms with Gasteiger partial charge in [0.15, 0.2) is 0 Å². The lowest BCUT2D eigenvalue weighted by Crippen LogP contribution is -2.05. The second-order valence-corrected chi connectivity index (χ2v) is 3.96. The maximum Gasteiger partial charge on any atom is 0.248 e. The number of anilines is 2. The van der Waals surface area contributed by atoms with Crippen molar-refractivity contribution in [2.24, 2.45) is 0 Å². The predicted molar refractivity (Wildman–Crippen MR) is 71.5 cm³/mol. The smallest absolute Gasteiger partial charge is 0.248 e. The summed E-state index contributed by atoms with van der Waals surface area (Å²) in [7, 11) is 0. The predicted octanol–water partition coefficient (Wildman–Crippen LogP) is 1.77. The van der Waals surface area contributed by atoms with Gasteiger partial charge in [-0.25, -0.2) is 9.97 Å². The van der Waals surface area contributed by atoms with Crippen molar-refractivity contribution >= 4 is 22.4 Å². The maximum atomic E-state index is 11.4. The van der Waals surface area contributed by atoms with Gasteiger partial charge in [-0.3, -0.25) is 4.79 Å². The summed E-state index contributed by atoms with van der Waals surface area (Å²) in [5.74, 6) is 0.580. The van der Waals surface area contributed by atoms with E-state index in [1.54, 1.807) is 24.3 Å². The standard InChI is InChI=1S/C13H10N4O2/c18-11-4-2-1-3-9(11)17-13-8-5-12(19)14-6-10(8)15-7-16-13/h1-7,18H,(H,14,19)(H,15,16,17). The summed E-state index contributed by atoms with van der Waals surface area (Å²) in [6.07, 6.45) is 2.92. The number of nitrogens with one attached hydrogen (secondary N) is 2. The fourth-order valence-corrected chi connectivity index (χ4v) is 1.79. The van der Waals surface area contributed by atoms with Crippen molar-refractivity contribution in [3.8, 4) is 5.75 Å². The first-order valence-electron chi connectivity index (χ1n) is 5.62. The molecule has 0 radical (unpaired) electrons. The molecule has 6 nitrogen and oxygen atoms in total. The van der Waals surface area contributed by atoms with Gasteiger partial charge >= 0.3 is 0 Å². The first-order chi connectivity index (χ1) is 9.24. The van der Waals surface area contributed by atoms with Crippen molar-refractivity contribution in [1.82, 2.24) is 15.0 Å². The van der Waals surface area contributed by atoms with Crippen molar-refractivity contribution in [2.45, 2.75) is 0 Å². The zero-order chi connectivity index (χ0) is 13.2. The lowest BCUT2D eigenvalue weighted by Gasteiger charge is -2.09. The molecule has 94 valence electrons. The summed E-state index contributed by atoms with van der Waals surface area (Å²) >= 11 is 0.